The van der Waals surface area contributed by atoms with Crippen molar-refractivity contribution in [1.82, 2.24) is 10.6 Å². The zero-order valence-electron chi connectivity index (χ0n) is 18.3. The Labute approximate surface area is 168 Å². The molecule has 0 spiro atoms. The van der Waals surface area contributed by atoms with Crippen LogP contribution in [-0.4, -0.2) is 36.2 Å². The van der Waals surface area contributed by atoms with Gasteiger partial charge >= 0.3 is 12.2 Å². The van der Waals surface area contributed by atoms with Gasteiger partial charge in [-0.05, 0) is 56.8 Å². The third-order valence-corrected chi connectivity index (χ3v) is 5.02. The van der Waals surface area contributed by atoms with Crippen molar-refractivity contribution in [1.29, 1.82) is 0 Å². The highest BCUT2D eigenvalue weighted by Gasteiger charge is 2.42. The zero-order valence-corrected chi connectivity index (χ0v) is 18.3. The third-order valence-electron chi connectivity index (χ3n) is 5.02. The first kappa shape index (κ1) is 23.9. The van der Waals surface area contributed by atoms with Crippen LogP contribution in [-0.2, 0) is 9.68 Å². The van der Waals surface area contributed by atoms with E-state index >= 15 is 0 Å². The summed E-state index contributed by atoms with van der Waals surface area (Å²) in [6, 6.07) is -0.0587. The predicted octanol–water partition coefficient (Wildman–Crippen LogP) is 4.60. The Morgan fingerprint density at radius 1 is 0.964 bits per heavy atom. The quantitative estimate of drug-likeness (QED) is 0.373. The number of nitrogens with one attached hydrogen (secondary N) is 2. The summed E-state index contributed by atoms with van der Waals surface area (Å²) in [5.41, 5.74) is 1.33. The molecule has 2 atom stereocenters. The van der Waals surface area contributed by atoms with Gasteiger partial charge < -0.3 is 10.6 Å². The van der Waals surface area contributed by atoms with Crippen LogP contribution in [0.1, 0.15) is 80.6 Å². The number of oxime groups is 2. The molecule has 2 N–H and O–H groups in total. The monoisotopic (exact) mass is 396 g/mol. The van der Waals surface area contributed by atoms with Gasteiger partial charge in [0, 0.05) is 12.6 Å². The largest absolute Gasteiger partial charge is 0.433 e. The van der Waals surface area contributed by atoms with Gasteiger partial charge in [0.15, 0.2) is 0 Å². The van der Waals surface area contributed by atoms with Gasteiger partial charge in [0.25, 0.3) is 0 Å². The van der Waals surface area contributed by atoms with E-state index < -0.39 is 12.2 Å². The van der Waals surface area contributed by atoms with E-state index in [2.05, 4.69) is 41.7 Å². The van der Waals surface area contributed by atoms with Crippen LogP contribution >= 0.6 is 0 Å². The minimum absolute atomic E-state index is 0.0100. The molecule has 1 aliphatic rings. The second-order valence-electron chi connectivity index (χ2n) is 8.87. The molecule has 0 saturated heterocycles. The predicted molar refractivity (Wildman–Crippen MR) is 110 cm³/mol. The van der Waals surface area contributed by atoms with E-state index in [1.807, 2.05) is 20.8 Å². The Balaban J connectivity index is 2.65. The minimum atomic E-state index is -0.564. The SMILES string of the molecule is CCC(C)=NOC(=O)NCC1(C)CC(NC(=O)ON=C(C)CC)CC(C)(C)C1. The molecule has 1 rings (SSSR count). The average molecular weight is 397 g/mol. The molecule has 1 aliphatic carbocycles. The Morgan fingerprint density at radius 3 is 2.04 bits per heavy atom. The fraction of sp³-hybridized carbons (Fsp3) is 0.800. The van der Waals surface area contributed by atoms with Gasteiger partial charge in [-0.25, -0.2) is 9.59 Å². The van der Waals surface area contributed by atoms with E-state index in [0.717, 1.165) is 43.5 Å². The third kappa shape index (κ3) is 8.71. The molecule has 1 fully saturated rings. The summed E-state index contributed by atoms with van der Waals surface area (Å²) in [4.78, 5) is 33.8. The van der Waals surface area contributed by atoms with E-state index in [-0.39, 0.29) is 16.9 Å². The zero-order chi connectivity index (χ0) is 21.4. The molecule has 0 aliphatic heterocycles. The van der Waals surface area contributed by atoms with Gasteiger partial charge in [-0.3, -0.25) is 9.68 Å². The Kier molecular flexibility index (Phi) is 8.91. The second kappa shape index (κ2) is 10.4. The van der Waals surface area contributed by atoms with E-state index in [9.17, 15) is 9.59 Å². The number of carbonyl (C=O) groups excluding carboxylic acids is 2. The first-order chi connectivity index (χ1) is 13.0. The lowest BCUT2D eigenvalue weighted by molar-refractivity contribution is 0.0629. The highest BCUT2D eigenvalue weighted by atomic mass is 16.7. The van der Waals surface area contributed by atoms with Crippen LogP contribution in [0.2, 0.25) is 0 Å². The van der Waals surface area contributed by atoms with Gasteiger partial charge in [0.05, 0.1) is 11.4 Å². The fourth-order valence-electron chi connectivity index (χ4n) is 3.75. The molecule has 1 saturated carbocycles. The first-order valence-electron chi connectivity index (χ1n) is 9.98. The fourth-order valence-corrected chi connectivity index (χ4v) is 3.75. The van der Waals surface area contributed by atoms with Crippen molar-refractivity contribution in [3.8, 4) is 0 Å². The molecule has 0 bridgehead atoms. The summed E-state index contributed by atoms with van der Waals surface area (Å²) >= 11 is 0. The molecule has 8 nitrogen and oxygen atoms in total. The maximum absolute atomic E-state index is 12.1. The number of hydrogen-bond donors (Lipinski definition) is 2. The summed E-state index contributed by atoms with van der Waals surface area (Å²) in [7, 11) is 0. The van der Waals surface area contributed by atoms with Crippen molar-refractivity contribution in [3.63, 3.8) is 0 Å². The topological polar surface area (TPSA) is 101 Å². The Morgan fingerprint density at radius 2 is 1.50 bits per heavy atom. The molecule has 2 amide bonds. The Bertz CT molecular complexity index is 615. The molecule has 0 aromatic rings. The number of hydrogen-bond acceptors (Lipinski definition) is 6. The lowest BCUT2D eigenvalue weighted by Gasteiger charge is -2.46. The van der Waals surface area contributed by atoms with E-state index in [4.69, 9.17) is 9.68 Å². The molecule has 0 aromatic heterocycles. The van der Waals surface area contributed by atoms with Crippen molar-refractivity contribution < 1.29 is 19.3 Å². The number of carbonyl (C=O) groups is 2. The maximum Gasteiger partial charge on any atom is 0.433 e. The van der Waals surface area contributed by atoms with Crippen molar-refractivity contribution in [2.45, 2.75) is 86.6 Å². The minimum Gasteiger partial charge on any atom is -0.319 e. The number of nitrogens with zero attached hydrogens (tertiary/aromatic N) is 2. The highest BCUT2D eigenvalue weighted by Crippen LogP contribution is 2.45. The van der Waals surface area contributed by atoms with Gasteiger partial charge in [-0.2, -0.15) is 0 Å². The van der Waals surface area contributed by atoms with Crippen LogP contribution < -0.4 is 10.6 Å². The molecular weight excluding hydrogens is 360 g/mol. The van der Waals surface area contributed by atoms with Crippen molar-refractivity contribution in [2.24, 2.45) is 21.1 Å². The summed E-state index contributed by atoms with van der Waals surface area (Å²) in [5.74, 6) is 0. The smallest absolute Gasteiger partial charge is 0.319 e. The van der Waals surface area contributed by atoms with Gasteiger partial charge in [-0.15, -0.1) is 0 Å². The molecule has 28 heavy (non-hydrogen) atoms. The number of rotatable bonds is 7. The highest BCUT2D eigenvalue weighted by molar-refractivity contribution is 5.82. The van der Waals surface area contributed by atoms with Crippen LogP contribution in [0.15, 0.2) is 10.3 Å². The second-order valence-corrected chi connectivity index (χ2v) is 8.87. The lowest BCUT2D eigenvalue weighted by atomic mass is 9.62. The van der Waals surface area contributed by atoms with Crippen LogP contribution in [0.3, 0.4) is 0 Å². The summed E-state index contributed by atoms with van der Waals surface area (Å²) in [6.45, 7) is 14.4. The number of amides is 2. The van der Waals surface area contributed by atoms with Crippen molar-refractivity contribution in [2.75, 3.05) is 6.54 Å². The maximum atomic E-state index is 12.1. The van der Waals surface area contributed by atoms with E-state index in [0.29, 0.717) is 6.54 Å². The average Bonchev–Trinajstić information content (AvgIpc) is 2.60. The van der Waals surface area contributed by atoms with Gasteiger partial charge in [0.1, 0.15) is 0 Å². The Hall–Kier alpha value is -2.12. The summed E-state index contributed by atoms with van der Waals surface area (Å²) in [5, 5.41) is 13.3. The van der Waals surface area contributed by atoms with Crippen LogP contribution in [0.25, 0.3) is 0 Å². The molecular formula is C20H36N4O4. The standard InChI is InChI=1S/C20H36N4O4/c1-8-14(3)23-27-17(25)21-13-20(7)11-16(10-19(5,6)12-20)22-18(26)28-24-15(4)9-2/h16H,8-13H2,1-7H3,(H,21,25)(H,22,26). The van der Waals surface area contributed by atoms with E-state index in [1.54, 1.807) is 6.92 Å². The molecule has 0 aromatic carbocycles. The molecule has 0 heterocycles. The molecule has 8 heteroatoms. The normalized spacial score (nSPS) is 25.0. The lowest BCUT2D eigenvalue weighted by Crippen LogP contribution is -2.50. The van der Waals surface area contributed by atoms with Gasteiger partial charge in [-0.1, -0.05) is 44.9 Å². The van der Waals surface area contributed by atoms with Crippen LogP contribution in [0.4, 0.5) is 9.59 Å². The molecule has 2 unspecified atom stereocenters. The van der Waals surface area contributed by atoms with Crippen molar-refractivity contribution >= 4 is 23.6 Å². The van der Waals surface area contributed by atoms with E-state index in [1.165, 1.54) is 0 Å². The van der Waals surface area contributed by atoms with Crippen molar-refractivity contribution in [3.05, 3.63) is 0 Å². The van der Waals surface area contributed by atoms with Crippen LogP contribution in [0, 0.1) is 10.8 Å². The first-order valence-corrected chi connectivity index (χ1v) is 9.98. The summed E-state index contributed by atoms with van der Waals surface area (Å²) in [6.07, 6.45) is 2.81. The van der Waals surface area contributed by atoms with Crippen LogP contribution in [0.5, 0.6) is 0 Å². The van der Waals surface area contributed by atoms with Gasteiger partial charge in [0.2, 0.25) is 0 Å². The molecule has 0 radical (unpaired) electrons. The summed E-state index contributed by atoms with van der Waals surface area (Å²) < 4.78 is 0. The molecule has 160 valence electrons.